The highest BCUT2D eigenvalue weighted by Crippen LogP contribution is 2.40. The van der Waals surface area contributed by atoms with E-state index in [1.165, 1.54) is 16.3 Å². The second kappa shape index (κ2) is 15.6. The molecular formula is C63H40N6. The molecule has 0 amide bonds. The zero-order valence-corrected chi connectivity index (χ0v) is 37.3. The maximum atomic E-state index is 5.25. The number of hydrogen-bond donors (Lipinski definition) is 0. The van der Waals surface area contributed by atoms with Crippen molar-refractivity contribution in [2.75, 3.05) is 0 Å². The van der Waals surface area contributed by atoms with E-state index in [4.69, 9.17) is 15.0 Å². The zero-order valence-electron chi connectivity index (χ0n) is 37.3. The van der Waals surface area contributed by atoms with Gasteiger partial charge in [0.1, 0.15) is 0 Å². The summed E-state index contributed by atoms with van der Waals surface area (Å²) in [6.45, 7) is 0. The van der Waals surface area contributed by atoms with Crippen LogP contribution in [0.5, 0.6) is 0 Å². The molecule has 0 saturated heterocycles. The van der Waals surface area contributed by atoms with Gasteiger partial charge in [-0.1, -0.05) is 152 Å². The summed E-state index contributed by atoms with van der Waals surface area (Å²) < 4.78 is 6.95. The van der Waals surface area contributed by atoms with E-state index in [2.05, 4.69) is 232 Å². The Kier molecular flexibility index (Phi) is 8.79. The van der Waals surface area contributed by atoms with E-state index in [9.17, 15) is 0 Å². The van der Waals surface area contributed by atoms with Crippen LogP contribution in [0.15, 0.2) is 243 Å². The van der Waals surface area contributed by atoms with E-state index in [1.54, 1.807) is 0 Å². The fraction of sp³-hybridized carbons (Fsp3) is 0. The average molecular weight is 881 g/mol. The molecule has 0 N–H and O–H groups in total. The van der Waals surface area contributed by atoms with E-state index in [-0.39, 0.29) is 0 Å². The Morgan fingerprint density at radius 2 is 0.739 bits per heavy atom. The minimum atomic E-state index is 0.637. The molecule has 0 aliphatic rings. The quantitative estimate of drug-likeness (QED) is 0.160. The number of pyridine rings is 1. The Bertz CT molecular complexity index is 4240. The molecule has 14 aromatic rings. The van der Waals surface area contributed by atoms with E-state index in [1.807, 2.05) is 24.4 Å². The lowest BCUT2D eigenvalue weighted by atomic mass is 10.0. The number of nitrogens with zero attached hydrogens (tertiary/aromatic N) is 6. The lowest BCUT2D eigenvalue weighted by Gasteiger charge is -2.12. The van der Waals surface area contributed by atoms with Gasteiger partial charge in [-0.3, -0.25) is 9.55 Å². The molecule has 6 heteroatoms. The fourth-order valence-electron chi connectivity index (χ4n) is 10.5. The predicted molar refractivity (Wildman–Crippen MR) is 285 cm³/mol. The van der Waals surface area contributed by atoms with E-state index in [0.29, 0.717) is 5.95 Å². The van der Waals surface area contributed by atoms with Gasteiger partial charge in [-0.05, 0) is 107 Å². The van der Waals surface area contributed by atoms with Crippen LogP contribution in [0.25, 0.3) is 128 Å². The standard InChI is InChI=1S/C63H40N6/c1-4-16-41(17-5-1)54-40-55(42-18-6-2-7-19-42)66-63(65-54)69-57-27-13-11-25-50(57)52-37-44(30-33-58(52)69)46-29-32-51-49-24-10-12-26-56(49)68(61(51)39-46)48-23-14-20-43(36-48)45-31-34-59-53(38-45)62-60(28-15-35-64-62)67(59)47-21-8-3-9-22-47/h1-40H. The van der Waals surface area contributed by atoms with Gasteiger partial charge in [0.15, 0.2) is 0 Å². The van der Waals surface area contributed by atoms with Crippen LogP contribution in [0.1, 0.15) is 0 Å². The molecule has 0 aliphatic heterocycles. The second-order valence-electron chi connectivity index (χ2n) is 17.7. The van der Waals surface area contributed by atoms with Crippen molar-refractivity contribution in [3.05, 3.63) is 243 Å². The van der Waals surface area contributed by atoms with E-state index in [0.717, 1.165) is 105 Å². The van der Waals surface area contributed by atoms with Crippen LogP contribution in [-0.2, 0) is 0 Å². The Balaban J connectivity index is 0.904. The van der Waals surface area contributed by atoms with Crippen LogP contribution in [0.2, 0.25) is 0 Å². The number of aromatic nitrogens is 6. The summed E-state index contributed by atoms with van der Waals surface area (Å²) in [5.41, 5.74) is 18.3. The molecule has 0 aliphatic carbocycles. The molecule has 0 fully saturated rings. The van der Waals surface area contributed by atoms with Crippen LogP contribution in [0.4, 0.5) is 0 Å². The molecule has 5 heterocycles. The van der Waals surface area contributed by atoms with Crippen molar-refractivity contribution < 1.29 is 0 Å². The van der Waals surface area contributed by atoms with Gasteiger partial charge in [0.05, 0.1) is 50.0 Å². The van der Waals surface area contributed by atoms with Crippen molar-refractivity contribution in [3.8, 4) is 62.1 Å². The van der Waals surface area contributed by atoms with Crippen molar-refractivity contribution in [2.45, 2.75) is 0 Å². The first-order chi connectivity index (χ1) is 34.2. The summed E-state index contributed by atoms with van der Waals surface area (Å²) in [5, 5.41) is 5.85. The number of benzene rings is 9. The second-order valence-corrected chi connectivity index (χ2v) is 17.7. The van der Waals surface area contributed by atoms with Gasteiger partial charge in [0.2, 0.25) is 5.95 Å². The summed E-state index contributed by atoms with van der Waals surface area (Å²) in [6, 6.07) is 84.3. The van der Waals surface area contributed by atoms with Crippen molar-refractivity contribution in [3.63, 3.8) is 0 Å². The molecule has 0 saturated carbocycles. The van der Waals surface area contributed by atoms with E-state index >= 15 is 0 Å². The predicted octanol–water partition coefficient (Wildman–Crippen LogP) is 15.8. The molecule has 5 aromatic heterocycles. The van der Waals surface area contributed by atoms with Crippen LogP contribution in [-0.4, -0.2) is 28.7 Å². The molecule has 9 aromatic carbocycles. The maximum Gasteiger partial charge on any atom is 0.235 e. The Morgan fingerprint density at radius 3 is 1.45 bits per heavy atom. The van der Waals surface area contributed by atoms with Crippen LogP contribution in [0, 0.1) is 0 Å². The third-order valence-electron chi connectivity index (χ3n) is 13.7. The highest BCUT2D eigenvalue weighted by molar-refractivity contribution is 6.13. The van der Waals surface area contributed by atoms with Gasteiger partial charge in [-0.15, -0.1) is 0 Å². The average Bonchev–Trinajstić information content (AvgIpc) is 4.06. The Morgan fingerprint density at radius 1 is 0.261 bits per heavy atom. The molecule has 0 unspecified atom stereocenters. The smallest absolute Gasteiger partial charge is 0.235 e. The van der Waals surface area contributed by atoms with Crippen molar-refractivity contribution >= 4 is 65.5 Å². The molecule has 6 nitrogen and oxygen atoms in total. The highest BCUT2D eigenvalue weighted by atomic mass is 15.2. The molecule has 69 heavy (non-hydrogen) atoms. The van der Waals surface area contributed by atoms with Crippen LogP contribution < -0.4 is 0 Å². The maximum absolute atomic E-state index is 5.25. The molecular weight excluding hydrogens is 841 g/mol. The third kappa shape index (κ3) is 6.30. The normalized spacial score (nSPS) is 11.8. The highest BCUT2D eigenvalue weighted by Gasteiger charge is 2.20. The third-order valence-corrected chi connectivity index (χ3v) is 13.7. The lowest BCUT2D eigenvalue weighted by molar-refractivity contribution is 0.995. The van der Waals surface area contributed by atoms with Gasteiger partial charge in [-0.25, -0.2) is 9.97 Å². The number of para-hydroxylation sites is 3. The van der Waals surface area contributed by atoms with Crippen molar-refractivity contribution in [1.82, 2.24) is 28.7 Å². The first kappa shape index (κ1) is 38.8. The SMILES string of the molecule is c1ccc(-c2cc(-c3ccccc3)nc(-n3c4ccccc4c4cc(-c5ccc6c7ccccc7n(-c7cccc(-c8ccc9c(c8)c8ncccc8n9-c8ccccc8)c7)c6c5)ccc43)n2)cc1. The molecule has 0 atom stereocenters. The molecule has 0 spiro atoms. The number of hydrogen-bond acceptors (Lipinski definition) is 3. The van der Waals surface area contributed by atoms with Gasteiger partial charge in [0.25, 0.3) is 0 Å². The summed E-state index contributed by atoms with van der Waals surface area (Å²) in [7, 11) is 0. The van der Waals surface area contributed by atoms with Gasteiger partial charge < -0.3 is 9.13 Å². The van der Waals surface area contributed by atoms with Gasteiger partial charge in [0, 0.05) is 55.6 Å². The Hall–Kier alpha value is -9.39. The van der Waals surface area contributed by atoms with Crippen molar-refractivity contribution in [2.24, 2.45) is 0 Å². The van der Waals surface area contributed by atoms with Crippen LogP contribution >= 0.6 is 0 Å². The first-order valence-corrected chi connectivity index (χ1v) is 23.3. The van der Waals surface area contributed by atoms with Gasteiger partial charge in [-0.2, -0.15) is 0 Å². The molecule has 322 valence electrons. The minimum absolute atomic E-state index is 0.637. The summed E-state index contributed by atoms with van der Waals surface area (Å²) in [6.07, 6.45) is 1.89. The summed E-state index contributed by atoms with van der Waals surface area (Å²) in [4.78, 5) is 15.4. The lowest BCUT2D eigenvalue weighted by Crippen LogP contribution is -2.03. The number of rotatable bonds is 7. The minimum Gasteiger partial charge on any atom is -0.309 e. The molecule has 14 rings (SSSR count). The zero-order chi connectivity index (χ0) is 45.4. The topological polar surface area (TPSA) is 53.5 Å². The van der Waals surface area contributed by atoms with Crippen molar-refractivity contribution in [1.29, 1.82) is 0 Å². The first-order valence-electron chi connectivity index (χ1n) is 23.3. The number of fused-ring (bicyclic) bond motifs is 9. The van der Waals surface area contributed by atoms with Gasteiger partial charge >= 0.3 is 0 Å². The van der Waals surface area contributed by atoms with Crippen LogP contribution in [0.3, 0.4) is 0 Å². The molecule has 0 radical (unpaired) electrons. The van der Waals surface area contributed by atoms with E-state index < -0.39 is 0 Å². The largest absolute Gasteiger partial charge is 0.309 e. The Labute approximate surface area is 397 Å². The summed E-state index contributed by atoms with van der Waals surface area (Å²) >= 11 is 0. The molecule has 0 bridgehead atoms. The fourth-order valence-corrected chi connectivity index (χ4v) is 10.5. The monoisotopic (exact) mass is 880 g/mol. The summed E-state index contributed by atoms with van der Waals surface area (Å²) in [5.74, 6) is 0.637.